The van der Waals surface area contributed by atoms with E-state index in [-0.39, 0.29) is 5.91 Å². The van der Waals surface area contributed by atoms with Crippen molar-refractivity contribution in [2.45, 2.75) is 0 Å². The molecule has 1 amide bonds. The Labute approximate surface area is 187 Å². The van der Waals surface area contributed by atoms with Crippen LogP contribution in [0.5, 0.6) is 0 Å². The van der Waals surface area contributed by atoms with Crippen molar-refractivity contribution in [2.75, 3.05) is 43.4 Å². The van der Waals surface area contributed by atoms with Crippen LogP contribution in [0, 0.1) is 0 Å². The van der Waals surface area contributed by atoms with E-state index >= 15 is 0 Å². The van der Waals surface area contributed by atoms with E-state index in [9.17, 15) is 4.79 Å². The highest BCUT2D eigenvalue weighted by Gasteiger charge is 2.16. The molecule has 3 heterocycles. The van der Waals surface area contributed by atoms with Gasteiger partial charge in [-0.1, -0.05) is 18.2 Å². The predicted octanol–water partition coefficient (Wildman–Crippen LogP) is 4.30. The van der Waals surface area contributed by atoms with Gasteiger partial charge in [0.25, 0.3) is 5.91 Å². The Morgan fingerprint density at radius 2 is 1.62 bits per heavy atom. The minimum Gasteiger partial charge on any atom is -0.369 e. The Balaban J connectivity index is 1.41. The molecule has 0 radical (unpaired) electrons. The van der Waals surface area contributed by atoms with Crippen LogP contribution >= 0.6 is 0 Å². The van der Waals surface area contributed by atoms with Gasteiger partial charge >= 0.3 is 0 Å². The van der Waals surface area contributed by atoms with E-state index in [0.717, 1.165) is 54.0 Å². The molecular formula is C26H25N5O. The van der Waals surface area contributed by atoms with Crippen LogP contribution in [-0.4, -0.2) is 54.0 Å². The molecule has 0 atom stereocenters. The SMILES string of the molecule is CN1CCN(c2ccc(NC(=O)c3cc(-c4ccncc4)nc4ccccc34)cc2)CC1. The normalized spacial score (nSPS) is 14.5. The maximum Gasteiger partial charge on any atom is 0.256 e. The van der Waals surface area contributed by atoms with Gasteiger partial charge in [0.2, 0.25) is 0 Å². The molecule has 1 saturated heterocycles. The number of hydrogen-bond acceptors (Lipinski definition) is 5. The van der Waals surface area contributed by atoms with Gasteiger partial charge in [-0.25, -0.2) is 4.98 Å². The fourth-order valence-electron chi connectivity index (χ4n) is 4.05. The number of likely N-dealkylation sites (N-methyl/N-ethyl adjacent to an activating group) is 1. The molecular weight excluding hydrogens is 398 g/mol. The molecule has 1 fully saturated rings. The van der Waals surface area contributed by atoms with E-state index < -0.39 is 0 Å². The minimum atomic E-state index is -0.147. The summed E-state index contributed by atoms with van der Waals surface area (Å²) in [5.41, 5.74) is 5.03. The average Bonchev–Trinajstić information content (AvgIpc) is 2.85. The Morgan fingerprint density at radius 1 is 0.906 bits per heavy atom. The highest BCUT2D eigenvalue weighted by Crippen LogP contribution is 2.26. The Bertz CT molecular complexity index is 1230. The third-order valence-electron chi connectivity index (χ3n) is 5.93. The van der Waals surface area contributed by atoms with E-state index in [4.69, 9.17) is 4.98 Å². The summed E-state index contributed by atoms with van der Waals surface area (Å²) in [4.78, 5) is 26.8. The van der Waals surface area contributed by atoms with Gasteiger partial charge in [-0.05, 0) is 55.6 Å². The van der Waals surface area contributed by atoms with Crippen LogP contribution in [0.1, 0.15) is 10.4 Å². The molecule has 4 aromatic rings. The average molecular weight is 424 g/mol. The minimum absolute atomic E-state index is 0.147. The van der Waals surface area contributed by atoms with Crippen molar-refractivity contribution >= 4 is 28.2 Å². The molecule has 6 heteroatoms. The van der Waals surface area contributed by atoms with E-state index in [1.165, 1.54) is 5.69 Å². The number of para-hydroxylation sites is 1. The van der Waals surface area contributed by atoms with Crippen molar-refractivity contribution in [2.24, 2.45) is 0 Å². The fourth-order valence-corrected chi connectivity index (χ4v) is 4.05. The zero-order chi connectivity index (χ0) is 21.9. The first-order valence-electron chi connectivity index (χ1n) is 10.8. The Hall–Kier alpha value is -3.77. The van der Waals surface area contributed by atoms with Crippen LogP contribution in [0.15, 0.2) is 79.1 Å². The van der Waals surface area contributed by atoms with Gasteiger partial charge in [-0.15, -0.1) is 0 Å². The number of amides is 1. The Morgan fingerprint density at radius 3 is 2.38 bits per heavy atom. The summed E-state index contributed by atoms with van der Waals surface area (Å²) in [6.45, 7) is 4.16. The first-order valence-corrected chi connectivity index (χ1v) is 10.8. The number of benzene rings is 2. The summed E-state index contributed by atoms with van der Waals surface area (Å²) in [5, 5.41) is 3.89. The predicted molar refractivity (Wildman–Crippen MR) is 129 cm³/mol. The Kier molecular flexibility index (Phi) is 5.52. The lowest BCUT2D eigenvalue weighted by atomic mass is 10.0. The molecule has 0 bridgehead atoms. The maximum atomic E-state index is 13.3. The smallest absolute Gasteiger partial charge is 0.256 e. The van der Waals surface area contributed by atoms with Gasteiger partial charge < -0.3 is 15.1 Å². The summed E-state index contributed by atoms with van der Waals surface area (Å²) >= 11 is 0. The van der Waals surface area contributed by atoms with Crippen LogP contribution in [0.2, 0.25) is 0 Å². The third-order valence-corrected chi connectivity index (χ3v) is 5.93. The van der Waals surface area contributed by atoms with Gasteiger partial charge in [0.05, 0.1) is 16.8 Å². The lowest BCUT2D eigenvalue weighted by Crippen LogP contribution is -2.44. The highest BCUT2D eigenvalue weighted by atomic mass is 16.1. The molecule has 0 spiro atoms. The van der Waals surface area contributed by atoms with Crippen molar-refractivity contribution in [3.63, 3.8) is 0 Å². The number of anilines is 2. The van der Waals surface area contributed by atoms with Gasteiger partial charge in [-0.2, -0.15) is 0 Å². The quantitative estimate of drug-likeness (QED) is 0.530. The van der Waals surface area contributed by atoms with Crippen molar-refractivity contribution in [3.8, 4) is 11.3 Å². The molecule has 1 N–H and O–H groups in total. The number of piperazine rings is 1. The van der Waals surface area contributed by atoms with Crippen LogP contribution in [0.3, 0.4) is 0 Å². The molecule has 160 valence electrons. The number of fused-ring (bicyclic) bond motifs is 1. The number of pyridine rings is 2. The molecule has 1 aliphatic rings. The van der Waals surface area contributed by atoms with Crippen LogP contribution < -0.4 is 10.2 Å². The van der Waals surface area contributed by atoms with Crippen molar-refractivity contribution in [1.82, 2.24) is 14.9 Å². The molecule has 6 nitrogen and oxygen atoms in total. The number of nitrogens with zero attached hydrogens (tertiary/aromatic N) is 4. The largest absolute Gasteiger partial charge is 0.369 e. The van der Waals surface area contributed by atoms with Gasteiger partial charge in [-0.3, -0.25) is 9.78 Å². The van der Waals surface area contributed by atoms with Gasteiger partial charge in [0.15, 0.2) is 0 Å². The zero-order valence-electron chi connectivity index (χ0n) is 18.0. The van der Waals surface area contributed by atoms with Crippen LogP contribution in [0.25, 0.3) is 22.2 Å². The molecule has 5 rings (SSSR count). The summed E-state index contributed by atoms with van der Waals surface area (Å²) < 4.78 is 0. The van der Waals surface area contributed by atoms with Crippen molar-refractivity contribution < 1.29 is 4.79 Å². The summed E-state index contributed by atoms with van der Waals surface area (Å²) in [6.07, 6.45) is 3.46. The second-order valence-electron chi connectivity index (χ2n) is 8.10. The zero-order valence-corrected chi connectivity index (χ0v) is 18.0. The topological polar surface area (TPSA) is 61.4 Å². The fraction of sp³-hybridized carbons (Fsp3) is 0.192. The second-order valence-corrected chi connectivity index (χ2v) is 8.10. The van der Waals surface area contributed by atoms with Crippen molar-refractivity contribution in [3.05, 3.63) is 84.7 Å². The second kappa shape index (κ2) is 8.77. The molecule has 0 unspecified atom stereocenters. The summed E-state index contributed by atoms with van der Waals surface area (Å²) in [5.74, 6) is -0.147. The molecule has 2 aromatic heterocycles. The molecule has 0 aliphatic carbocycles. The van der Waals surface area contributed by atoms with Crippen LogP contribution in [0.4, 0.5) is 11.4 Å². The monoisotopic (exact) mass is 423 g/mol. The lowest BCUT2D eigenvalue weighted by Gasteiger charge is -2.34. The van der Waals surface area contributed by atoms with Gasteiger partial charge in [0.1, 0.15) is 0 Å². The number of hydrogen-bond donors (Lipinski definition) is 1. The molecule has 1 aliphatic heterocycles. The maximum absolute atomic E-state index is 13.3. The number of carbonyl (C=O) groups is 1. The van der Waals surface area contributed by atoms with E-state index in [1.54, 1.807) is 12.4 Å². The number of nitrogens with one attached hydrogen (secondary N) is 1. The first kappa shape index (κ1) is 20.2. The van der Waals surface area contributed by atoms with Gasteiger partial charge in [0, 0.05) is 60.9 Å². The number of rotatable bonds is 4. The molecule has 2 aromatic carbocycles. The van der Waals surface area contributed by atoms with E-state index in [1.807, 2.05) is 54.6 Å². The standard InChI is InChI=1S/C26H25N5O/c1-30-14-16-31(17-15-30)21-8-6-20(7-9-21)28-26(32)23-18-25(19-10-12-27-13-11-19)29-24-5-3-2-4-22(23)24/h2-13,18H,14-17H2,1H3,(H,28,32). The lowest BCUT2D eigenvalue weighted by molar-refractivity contribution is 0.102. The van der Waals surface area contributed by atoms with Crippen molar-refractivity contribution in [1.29, 1.82) is 0 Å². The summed E-state index contributed by atoms with van der Waals surface area (Å²) in [7, 11) is 2.15. The number of aromatic nitrogens is 2. The first-order chi connectivity index (χ1) is 15.7. The summed E-state index contributed by atoms with van der Waals surface area (Å²) in [6, 6.07) is 21.5. The molecule has 0 saturated carbocycles. The molecule has 32 heavy (non-hydrogen) atoms. The third kappa shape index (κ3) is 4.18. The van der Waals surface area contributed by atoms with E-state index in [0.29, 0.717) is 5.56 Å². The number of carbonyl (C=O) groups excluding carboxylic acids is 1. The van der Waals surface area contributed by atoms with Crippen LogP contribution in [-0.2, 0) is 0 Å². The van der Waals surface area contributed by atoms with E-state index in [2.05, 4.69) is 39.3 Å². The highest BCUT2D eigenvalue weighted by molar-refractivity contribution is 6.13.